The molecule has 1 saturated heterocycles. The van der Waals surface area contributed by atoms with Gasteiger partial charge in [0.15, 0.2) is 0 Å². The topological polar surface area (TPSA) is 70.2 Å². The molecule has 2 atom stereocenters. The summed E-state index contributed by atoms with van der Waals surface area (Å²) >= 11 is 0. The summed E-state index contributed by atoms with van der Waals surface area (Å²) in [4.78, 5) is 23.1. The summed E-state index contributed by atoms with van der Waals surface area (Å²) in [5.74, 6) is -0.369. The van der Waals surface area contributed by atoms with Gasteiger partial charge in [0.25, 0.3) is 0 Å². The first-order chi connectivity index (χ1) is 9.74. The first-order valence-corrected chi connectivity index (χ1v) is 7.12. The summed E-state index contributed by atoms with van der Waals surface area (Å²) in [7, 11) is 0. The minimum absolute atomic E-state index is 0.158. The molecule has 2 amide bonds. The van der Waals surface area contributed by atoms with Gasteiger partial charge >= 0.3 is 0 Å². The van der Waals surface area contributed by atoms with Crippen molar-refractivity contribution < 1.29 is 9.59 Å². The summed E-state index contributed by atoms with van der Waals surface area (Å²) < 4.78 is 0. The number of imide groups is 1. The molecule has 2 aliphatic heterocycles. The van der Waals surface area contributed by atoms with Crippen LogP contribution in [0.15, 0.2) is 24.3 Å². The van der Waals surface area contributed by atoms with Crippen LogP contribution in [-0.2, 0) is 16.1 Å². The quantitative estimate of drug-likeness (QED) is 0.691. The summed E-state index contributed by atoms with van der Waals surface area (Å²) in [6.45, 7) is 1.78. The molecule has 3 N–H and O–H groups in total. The molecular weight excluding hydrogens is 254 g/mol. The highest BCUT2D eigenvalue weighted by Gasteiger charge is 2.29. The molecule has 20 heavy (non-hydrogen) atoms. The average Bonchev–Trinajstić information content (AvgIpc) is 2.65. The largest absolute Gasteiger partial charge is 0.313 e. The molecule has 3 rings (SSSR count). The Morgan fingerprint density at radius 3 is 2.80 bits per heavy atom. The highest BCUT2D eigenvalue weighted by Crippen LogP contribution is 2.24. The van der Waals surface area contributed by atoms with Crippen LogP contribution in [0.4, 0.5) is 0 Å². The predicted molar refractivity (Wildman–Crippen MR) is 74.8 cm³/mol. The Kier molecular flexibility index (Phi) is 3.80. The van der Waals surface area contributed by atoms with Crippen molar-refractivity contribution in [3.8, 4) is 0 Å². The van der Waals surface area contributed by atoms with E-state index in [4.69, 9.17) is 0 Å². The average molecular weight is 273 g/mol. The minimum Gasteiger partial charge on any atom is -0.313 e. The van der Waals surface area contributed by atoms with Crippen LogP contribution in [0.25, 0.3) is 0 Å². The molecule has 2 heterocycles. The summed E-state index contributed by atoms with van der Waals surface area (Å²) in [5, 5.41) is 9.22. The molecule has 1 fully saturated rings. The third-order valence-corrected chi connectivity index (χ3v) is 4.00. The first-order valence-electron chi connectivity index (χ1n) is 7.12. The number of benzene rings is 1. The maximum absolute atomic E-state index is 11.9. The Morgan fingerprint density at radius 1 is 1.10 bits per heavy atom. The number of nitrogens with one attached hydrogen (secondary N) is 3. The maximum atomic E-state index is 11.9. The molecule has 1 aromatic carbocycles. The number of rotatable bonds is 2. The third-order valence-electron chi connectivity index (χ3n) is 4.00. The monoisotopic (exact) mass is 273 g/mol. The zero-order valence-corrected chi connectivity index (χ0v) is 11.3. The summed E-state index contributed by atoms with van der Waals surface area (Å²) in [6, 6.07) is 8.19. The summed E-state index contributed by atoms with van der Waals surface area (Å²) in [5.41, 5.74) is 2.52. The van der Waals surface area contributed by atoms with E-state index in [1.807, 2.05) is 12.1 Å². The van der Waals surface area contributed by atoms with Gasteiger partial charge in [-0.2, -0.15) is 0 Å². The van der Waals surface area contributed by atoms with Crippen molar-refractivity contribution in [3.63, 3.8) is 0 Å². The second kappa shape index (κ2) is 5.73. The number of hydrogen-bond donors (Lipinski definition) is 3. The number of fused-ring (bicyclic) bond motifs is 1. The van der Waals surface area contributed by atoms with Crippen LogP contribution in [-0.4, -0.2) is 24.4 Å². The van der Waals surface area contributed by atoms with Crippen molar-refractivity contribution in [1.82, 2.24) is 16.0 Å². The van der Waals surface area contributed by atoms with Crippen LogP contribution < -0.4 is 16.0 Å². The lowest BCUT2D eigenvalue weighted by atomic mass is 9.97. The smallest absolute Gasteiger partial charge is 0.243 e. The lowest BCUT2D eigenvalue weighted by molar-refractivity contribution is -0.134. The van der Waals surface area contributed by atoms with Gasteiger partial charge in [-0.15, -0.1) is 0 Å². The molecule has 2 unspecified atom stereocenters. The Morgan fingerprint density at radius 2 is 1.95 bits per heavy atom. The van der Waals surface area contributed by atoms with E-state index < -0.39 is 0 Å². The maximum Gasteiger partial charge on any atom is 0.243 e. The zero-order chi connectivity index (χ0) is 13.9. The Labute approximate surface area is 118 Å². The highest BCUT2D eigenvalue weighted by atomic mass is 16.2. The van der Waals surface area contributed by atoms with E-state index in [0.717, 1.165) is 19.5 Å². The number of amides is 2. The molecule has 0 aromatic heterocycles. The van der Waals surface area contributed by atoms with Gasteiger partial charge in [0.1, 0.15) is 0 Å². The van der Waals surface area contributed by atoms with Gasteiger partial charge in [0.2, 0.25) is 11.8 Å². The van der Waals surface area contributed by atoms with Gasteiger partial charge in [-0.05, 0) is 30.5 Å². The van der Waals surface area contributed by atoms with Crippen molar-refractivity contribution in [2.24, 2.45) is 0 Å². The molecular formula is C15H19N3O2. The van der Waals surface area contributed by atoms with Crippen LogP contribution in [0.1, 0.15) is 36.4 Å². The molecule has 5 nitrogen and oxygen atoms in total. The Balaban J connectivity index is 1.77. The summed E-state index contributed by atoms with van der Waals surface area (Å²) in [6.07, 6.45) is 1.93. The van der Waals surface area contributed by atoms with Crippen molar-refractivity contribution in [2.75, 3.05) is 6.54 Å². The SMILES string of the molecule is O=C1CCC(NC2CCNCc3ccccc32)C(=O)N1. The predicted octanol–water partition coefficient (Wildman–Crippen LogP) is 0.616. The van der Waals surface area contributed by atoms with E-state index in [9.17, 15) is 9.59 Å². The second-order valence-corrected chi connectivity index (χ2v) is 5.39. The molecule has 0 aliphatic carbocycles. The standard InChI is InChI=1S/C15H19N3O2/c19-14-6-5-13(15(20)18-14)17-12-7-8-16-9-10-3-1-2-4-11(10)12/h1-4,12-13,16-17H,5-9H2,(H,18,19,20). The highest BCUT2D eigenvalue weighted by molar-refractivity contribution is 6.00. The number of hydrogen-bond acceptors (Lipinski definition) is 4. The van der Waals surface area contributed by atoms with Gasteiger partial charge < -0.3 is 5.32 Å². The molecule has 0 bridgehead atoms. The third kappa shape index (κ3) is 2.73. The van der Waals surface area contributed by atoms with Crippen molar-refractivity contribution >= 4 is 11.8 Å². The number of piperidine rings is 1. The molecule has 106 valence electrons. The lowest BCUT2D eigenvalue weighted by Gasteiger charge is -2.27. The normalized spacial score (nSPS) is 26.6. The Hall–Kier alpha value is -1.72. The van der Waals surface area contributed by atoms with E-state index in [-0.39, 0.29) is 23.9 Å². The van der Waals surface area contributed by atoms with Gasteiger partial charge in [-0.3, -0.25) is 20.2 Å². The number of carbonyl (C=O) groups is 2. The van der Waals surface area contributed by atoms with E-state index >= 15 is 0 Å². The molecule has 1 aromatic rings. The van der Waals surface area contributed by atoms with E-state index in [0.29, 0.717) is 12.8 Å². The van der Waals surface area contributed by atoms with Crippen LogP contribution in [0.5, 0.6) is 0 Å². The van der Waals surface area contributed by atoms with E-state index in [1.54, 1.807) is 0 Å². The zero-order valence-electron chi connectivity index (χ0n) is 11.3. The van der Waals surface area contributed by atoms with Gasteiger partial charge in [0.05, 0.1) is 6.04 Å². The van der Waals surface area contributed by atoms with Crippen LogP contribution in [0.2, 0.25) is 0 Å². The van der Waals surface area contributed by atoms with Crippen molar-refractivity contribution in [3.05, 3.63) is 35.4 Å². The fraction of sp³-hybridized carbons (Fsp3) is 0.467. The fourth-order valence-corrected chi connectivity index (χ4v) is 2.93. The van der Waals surface area contributed by atoms with E-state index in [1.165, 1.54) is 11.1 Å². The molecule has 2 aliphatic rings. The van der Waals surface area contributed by atoms with Gasteiger partial charge in [0, 0.05) is 19.0 Å². The minimum atomic E-state index is -0.274. The second-order valence-electron chi connectivity index (χ2n) is 5.39. The van der Waals surface area contributed by atoms with Crippen LogP contribution in [0.3, 0.4) is 0 Å². The number of carbonyl (C=O) groups excluding carboxylic acids is 2. The molecule has 5 heteroatoms. The van der Waals surface area contributed by atoms with E-state index in [2.05, 4.69) is 28.1 Å². The van der Waals surface area contributed by atoms with Crippen molar-refractivity contribution in [2.45, 2.75) is 37.9 Å². The fourth-order valence-electron chi connectivity index (χ4n) is 2.93. The lowest BCUT2D eigenvalue weighted by Crippen LogP contribution is -2.51. The molecule has 0 radical (unpaired) electrons. The van der Waals surface area contributed by atoms with Crippen LogP contribution >= 0.6 is 0 Å². The van der Waals surface area contributed by atoms with Gasteiger partial charge in [-0.1, -0.05) is 24.3 Å². The van der Waals surface area contributed by atoms with Gasteiger partial charge in [-0.25, -0.2) is 0 Å². The first kappa shape index (κ1) is 13.3. The molecule has 0 saturated carbocycles. The van der Waals surface area contributed by atoms with Crippen molar-refractivity contribution in [1.29, 1.82) is 0 Å². The van der Waals surface area contributed by atoms with Crippen LogP contribution in [0, 0.1) is 0 Å². The molecule has 0 spiro atoms. The Bertz CT molecular complexity index is 530.